The highest BCUT2D eigenvalue weighted by atomic mass is 19.4. The summed E-state index contributed by atoms with van der Waals surface area (Å²) in [5.74, 6) is 5.48. The van der Waals surface area contributed by atoms with Crippen molar-refractivity contribution in [1.82, 2.24) is 9.55 Å². The van der Waals surface area contributed by atoms with Gasteiger partial charge < -0.3 is 9.57 Å². The van der Waals surface area contributed by atoms with E-state index in [1.54, 1.807) is 6.92 Å². The van der Waals surface area contributed by atoms with Gasteiger partial charge in [0, 0.05) is 17.7 Å². The van der Waals surface area contributed by atoms with E-state index in [9.17, 15) is 26.3 Å². The van der Waals surface area contributed by atoms with Crippen LogP contribution in [0.5, 0.6) is 0 Å². The molecule has 0 amide bonds. The lowest BCUT2D eigenvalue weighted by molar-refractivity contribution is -0.0738. The Balaban J connectivity index is 0.000000770. The maximum Gasteiger partial charge on any atom is 0.433 e. The molecule has 38 heavy (non-hydrogen) atoms. The number of allylic oxidation sites excluding steroid dienone is 5. The van der Waals surface area contributed by atoms with E-state index in [0.29, 0.717) is 19.4 Å². The van der Waals surface area contributed by atoms with Gasteiger partial charge in [0.1, 0.15) is 23.4 Å². The van der Waals surface area contributed by atoms with Crippen LogP contribution >= 0.6 is 0 Å². The second kappa shape index (κ2) is 15.2. The molecule has 2 rings (SSSR count). The number of alkyl halides is 6. The highest BCUT2D eigenvalue weighted by Crippen LogP contribution is 2.33. The van der Waals surface area contributed by atoms with Crippen molar-refractivity contribution < 1.29 is 35.9 Å². The van der Waals surface area contributed by atoms with Crippen LogP contribution in [0.2, 0.25) is 0 Å². The van der Waals surface area contributed by atoms with Crippen molar-refractivity contribution >= 4 is 23.0 Å². The van der Waals surface area contributed by atoms with Crippen molar-refractivity contribution in [3.63, 3.8) is 0 Å². The van der Waals surface area contributed by atoms with E-state index >= 15 is 0 Å². The highest BCUT2D eigenvalue weighted by molar-refractivity contribution is 6.02. The molecule has 0 radical (unpaired) electrons. The van der Waals surface area contributed by atoms with Gasteiger partial charge in [-0.3, -0.25) is 9.98 Å². The van der Waals surface area contributed by atoms with Crippen molar-refractivity contribution in [2.45, 2.75) is 73.2 Å². The third-order valence-corrected chi connectivity index (χ3v) is 4.81. The Bertz CT molecular complexity index is 1070. The van der Waals surface area contributed by atoms with Gasteiger partial charge >= 0.3 is 12.4 Å². The summed E-state index contributed by atoms with van der Waals surface area (Å²) in [4.78, 5) is 12.5. The fraction of sp³-hybridized carbons (Fsp3) is 0.480. The first-order valence-electron chi connectivity index (χ1n) is 11.6. The number of rotatable bonds is 6. The standard InChI is InChI=1S/C15H19F3N4O.C8H10F3NO.C2H6/c1-6-13(23-19)21-10(4)14-11(5)22(8-20-14)12(7-9(2)3)15(16,17)18;1-5-6(3-2-4-13-5)7(12)8(9,10)11;1-2/h7-8H,2,4,6,19H2,1,3,5H3;12H,2-4H2,1H3;1-2H3/b12-7-,21-13?;;. The molecule has 13 heteroatoms. The predicted molar refractivity (Wildman–Crippen MR) is 137 cm³/mol. The number of aromatic nitrogens is 2. The molecule has 3 N–H and O–H groups in total. The van der Waals surface area contributed by atoms with Crippen LogP contribution in [0.3, 0.4) is 0 Å². The van der Waals surface area contributed by atoms with Gasteiger partial charge in [-0.1, -0.05) is 39.5 Å². The normalized spacial score (nSPS) is 14.4. The Morgan fingerprint density at radius 3 is 2.21 bits per heavy atom. The van der Waals surface area contributed by atoms with Gasteiger partial charge in [0.15, 0.2) is 0 Å². The van der Waals surface area contributed by atoms with E-state index in [-0.39, 0.29) is 46.3 Å². The van der Waals surface area contributed by atoms with Gasteiger partial charge in [0.05, 0.1) is 18.1 Å². The Kier molecular flexibility index (Phi) is 13.8. The fourth-order valence-corrected chi connectivity index (χ4v) is 3.06. The van der Waals surface area contributed by atoms with E-state index in [1.807, 2.05) is 13.8 Å². The number of halogens is 6. The molecule has 7 nitrogen and oxygen atoms in total. The van der Waals surface area contributed by atoms with Gasteiger partial charge in [-0.15, -0.1) is 0 Å². The summed E-state index contributed by atoms with van der Waals surface area (Å²) in [6.45, 7) is 17.8. The average molecular weight is 552 g/mol. The largest absolute Gasteiger partial charge is 0.498 e. The zero-order valence-corrected chi connectivity index (χ0v) is 22.4. The molecule has 214 valence electrons. The van der Waals surface area contributed by atoms with Crippen molar-refractivity contribution in [2.24, 2.45) is 10.9 Å². The molecule has 1 aromatic heterocycles. The summed E-state index contributed by atoms with van der Waals surface area (Å²) in [5, 5.41) is 6.90. The van der Waals surface area contributed by atoms with Gasteiger partial charge in [-0.2, -0.15) is 32.2 Å². The Labute approximate surface area is 218 Å². The fourth-order valence-electron chi connectivity index (χ4n) is 3.06. The van der Waals surface area contributed by atoms with Crippen LogP contribution < -0.4 is 5.90 Å². The number of nitrogens with zero attached hydrogens (tertiary/aromatic N) is 3. The van der Waals surface area contributed by atoms with Gasteiger partial charge in [-0.05, 0) is 39.7 Å². The van der Waals surface area contributed by atoms with Crippen LogP contribution in [0, 0.1) is 12.3 Å². The van der Waals surface area contributed by atoms with Crippen LogP contribution in [-0.4, -0.2) is 40.1 Å². The third-order valence-electron chi connectivity index (χ3n) is 4.81. The monoisotopic (exact) mass is 551 g/mol. The summed E-state index contributed by atoms with van der Waals surface area (Å²) in [7, 11) is 0. The SMILES string of the molecule is C=C(C)/C=C(\n1cnc(C(=C)N=C(CC)ON)c1C)C(F)(F)F.CC.CC1=C(C(=N)C(F)(F)F)CCCO1. The molecule has 0 spiro atoms. The number of nitrogens with two attached hydrogens (primary N) is 1. The number of ether oxygens (including phenoxy) is 1. The van der Waals surface area contributed by atoms with E-state index in [1.165, 1.54) is 20.8 Å². The van der Waals surface area contributed by atoms with Crippen molar-refractivity contribution in [2.75, 3.05) is 6.61 Å². The lowest BCUT2D eigenvalue weighted by Crippen LogP contribution is -2.26. The predicted octanol–water partition coefficient (Wildman–Crippen LogP) is 7.52. The number of hydrogen-bond acceptors (Lipinski definition) is 6. The zero-order valence-electron chi connectivity index (χ0n) is 22.4. The maximum absolute atomic E-state index is 13.2. The minimum Gasteiger partial charge on any atom is -0.498 e. The molecule has 1 aliphatic heterocycles. The number of nitrogens with one attached hydrogen (secondary N) is 1. The van der Waals surface area contributed by atoms with Gasteiger partial charge in [0.2, 0.25) is 5.90 Å². The van der Waals surface area contributed by atoms with Crippen LogP contribution in [0.1, 0.15) is 65.3 Å². The molecule has 0 atom stereocenters. The molecule has 0 aromatic carbocycles. The first-order valence-corrected chi connectivity index (χ1v) is 11.6. The van der Waals surface area contributed by atoms with Crippen LogP contribution in [-0.2, 0) is 9.57 Å². The van der Waals surface area contributed by atoms with Crippen LogP contribution in [0.4, 0.5) is 26.3 Å². The minimum absolute atomic E-state index is 0.0150. The van der Waals surface area contributed by atoms with Gasteiger partial charge in [0.25, 0.3) is 0 Å². The summed E-state index contributed by atoms with van der Waals surface area (Å²) in [5.41, 5.74) is -1.26. The van der Waals surface area contributed by atoms with E-state index in [0.717, 1.165) is 17.0 Å². The third kappa shape index (κ3) is 10.2. The first kappa shape index (κ1) is 34.6. The van der Waals surface area contributed by atoms with Crippen molar-refractivity contribution in [1.29, 1.82) is 5.41 Å². The second-order valence-electron chi connectivity index (χ2n) is 7.71. The molecule has 0 unspecified atom stereocenters. The zero-order chi connectivity index (χ0) is 29.8. The summed E-state index contributed by atoms with van der Waals surface area (Å²) in [6.07, 6.45) is -5.85. The Hall–Kier alpha value is -3.35. The first-order chi connectivity index (χ1) is 17.5. The minimum atomic E-state index is -4.56. The van der Waals surface area contributed by atoms with Crippen molar-refractivity contribution in [3.05, 3.63) is 53.9 Å². The maximum atomic E-state index is 13.2. The lowest BCUT2D eigenvalue weighted by atomic mass is 10.0. The number of aliphatic imine (C=N–C) groups is 1. The molecule has 0 aliphatic carbocycles. The average Bonchev–Trinajstić information content (AvgIpc) is 3.22. The molecule has 0 saturated heterocycles. The Morgan fingerprint density at radius 1 is 1.21 bits per heavy atom. The smallest absolute Gasteiger partial charge is 0.433 e. The molecule has 0 saturated carbocycles. The summed E-state index contributed by atoms with van der Waals surface area (Å²) < 4.78 is 81.8. The number of imidazole rings is 1. The molecule has 1 aromatic rings. The van der Waals surface area contributed by atoms with Gasteiger partial charge in [-0.25, -0.2) is 9.98 Å². The molecule has 0 fully saturated rings. The molecular weight excluding hydrogens is 516 g/mol. The highest BCUT2D eigenvalue weighted by Gasteiger charge is 2.38. The van der Waals surface area contributed by atoms with Crippen molar-refractivity contribution in [3.8, 4) is 0 Å². The van der Waals surface area contributed by atoms with Crippen LogP contribution in [0.25, 0.3) is 11.4 Å². The van der Waals surface area contributed by atoms with Crippen LogP contribution in [0.15, 0.2) is 47.5 Å². The molecule has 1 aliphatic rings. The topological polar surface area (TPSA) is 98.5 Å². The summed E-state index contributed by atoms with van der Waals surface area (Å²) in [6, 6.07) is 0. The number of hydrogen-bond donors (Lipinski definition) is 2. The molecule has 0 bridgehead atoms. The quantitative estimate of drug-likeness (QED) is 0.126. The Morgan fingerprint density at radius 2 is 1.79 bits per heavy atom. The molecular formula is C25H35F6N5O2. The summed E-state index contributed by atoms with van der Waals surface area (Å²) >= 11 is 0. The van der Waals surface area contributed by atoms with E-state index in [2.05, 4.69) is 28.0 Å². The lowest BCUT2D eigenvalue weighted by Gasteiger charge is -2.20. The second-order valence-corrected chi connectivity index (χ2v) is 7.71. The molecule has 2 heterocycles. The van der Waals surface area contributed by atoms with E-state index in [4.69, 9.17) is 16.0 Å². The van der Waals surface area contributed by atoms with E-state index < -0.39 is 23.8 Å².